The van der Waals surface area contributed by atoms with Gasteiger partial charge in [-0.05, 0) is 47.9 Å². The smallest absolute Gasteiger partial charge is 0.343 e. The van der Waals surface area contributed by atoms with Gasteiger partial charge >= 0.3 is 5.97 Å². The van der Waals surface area contributed by atoms with Crippen LogP contribution < -0.4 is 4.74 Å². The van der Waals surface area contributed by atoms with Crippen LogP contribution in [-0.2, 0) is 0 Å². The van der Waals surface area contributed by atoms with Crippen molar-refractivity contribution < 1.29 is 14.5 Å². The monoisotopic (exact) mass is 333 g/mol. The number of carbonyl (C=O) groups excluding carboxylic acids is 1. The van der Waals surface area contributed by atoms with Gasteiger partial charge in [-0.2, -0.15) is 0 Å². The summed E-state index contributed by atoms with van der Waals surface area (Å²) in [5.41, 5.74) is 3.13. The van der Waals surface area contributed by atoms with Crippen LogP contribution in [0.5, 0.6) is 5.75 Å². The minimum Gasteiger partial charge on any atom is -0.423 e. The van der Waals surface area contributed by atoms with Gasteiger partial charge in [0.25, 0.3) is 5.69 Å². The Balaban J connectivity index is 1.84. The molecular formula is C20H15NO4. The number of ether oxygens (including phenoxy) is 1. The molecule has 0 unspecified atom stereocenters. The van der Waals surface area contributed by atoms with Crippen LogP contribution in [0.2, 0.25) is 0 Å². The Morgan fingerprint density at radius 2 is 1.60 bits per heavy atom. The lowest BCUT2D eigenvalue weighted by Gasteiger charge is -2.09. The maximum atomic E-state index is 12.3. The quantitative estimate of drug-likeness (QED) is 0.298. The number of rotatable bonds is 4. The summed E-state index contributed by atoms with van der Waals surface area (Å²) in [6.45, 7) is 1.93. The highest BCUT2D eigenvalue weighted by molar-refractivity contribution is 5.91. The van der Waals surface area contributed by atoms with Crippen molar-refractivity contribution in [2.45, 2.75) is 6.92 Å². The molecule has 0 heterocycles. The zero-order valence-corrected chi connectivity index (χ0v) is 13.5. The van der Waals surface area contributed by atoms with Crippen LogP contribution in [0, 0.1) is 17.0 Å². The second-order valence-corrected chi connectivity index (χ2v) is 5.59. The number of aryl methyl sites for hydroxylation is 1. The second-order valence-electron chi connectivity index (χ2n) is 5.59. The second kappa shape index (κ2) is 6.97. The summed E-state index contributed by atoms with van der Waals surface area (Å²) >= 11 is 0. The molecule has 5 nitrogen and oxygen atoms in total. The molecule has 5 heteroatoms. The van der Waals surface area contributed by atoms with Gasteiger partial charge in [0.05, 0.1) is 10.5 Å². The zero-order valence-electron chi connectivity index (χ0n) is 13.5. The first-order valence-electron chi connectivity index (χ1n) is 7.67. The number of nitro benzene ring substituents is 1. The minimum absolute atomic E-state index is 0.0709. The summed E-state index contributed by atoms with van der Waals surface area (Å²) in [4.78, 5) is 22.4. The van der Waals surface area contributed by atoms with Crippen molar-refractivity contribution in [1.82, 2.24) is 0 Å². The number of esters is 1. The van der Waals surface area contributed by atoms with E-state index in [1.54, 1.807) is 12.1 Å². The Morgan fingerprint density at radius 1 is 0.920 bits per heavy atom. The van der Waals surface area contributed by atoms with Crippen molar-refractivity contribution >= 4 is 11.7 Å². The third kappa shape index (κ3) is 3.90. The summed E-state index contributed by atoms with van der Waals surface area (Å²) in [6.07, 6.45) is 0. The first-order chi connectivity index (χ1) is 12.0. The van der Waals surface area contributed by atoms with Gasteiger partial charge in [-0.15, -0.1) is 0 Å². The number of carbonyl (C=O) groups is 1. The average molecular weight is 333 g/mol. The highest BCUT2D eigenvalue weighted by Crippen LogP contribution is 2.26. The van der Waals surface area contributed by atoms with E-state index in [-0.39, 0.29) is 11.3 Å². The van der Waals surface area contributed by atoms with Crippen molar-refractivity contribution in [2.75, 3.05) is 0 Å². The molecule has 0 saturated heterocycles. The molecule has 0 saturated carbocycles. The van der Waals surface area contributed by atoms with Crippen molar-refractivity contribution in [3.63, 3.8) is 0 Å². The van der Waals surface area contributed by atoms with Crippen LogP contribution in [0.15, 0.2) is 72.8 Å². The standard InChI is InChI=1S/C20H15NO4/c1-14-11-17(15-5-3-2-4-6-15)13-19(12-14)25-20(22)16-7-9-18(10-8-16)21(23)24/h2-13H,1H3. The molecule has 0 aromatic heterocycles. The maximum absolute atomic E-state index is 12.3. The largest absolute Gasteiger partial charge is 0.423 e. The van der Waals surface area contributed by atoms with E-state index < -0.39 is 10.9 Å². The Hall–Kier alpha value is -3.47. The molecule has 3 aromatic carbocycles. The van der Waals surface area contributed by atoms with Gasteiger partial charge in [0.1, 0.15) is 5.75 Å². The van der Waals surface area contributed by atoms with Gasteiger partial charge in [-0.25, -0.2) is 4.79 Å². The number of hydrogen-bond acceptors (Lipinski definition) is 4. The van der Waals surface area contributed by atoms with Crippen molar-refractivity contribution in [3.8, 4) is 16.9 Å². The Kier molecular flexibility index (Phi) is 4.57. The molecule has 3 rings (SSSR count). The molecule has 0 amide bonds. The molecule has 3 aromatic rings. The summed E-state index contributed by atoms with van der Waals surface area (Å²) in [7, 11) is 0. The van der Waals surface area contributed by atoms with Crippen molar-refractivity contribution in [1.29, 1.82) is 0 Å². The predicted octanol–water partition coefficient (Wildman–Crippen LogP) is 4.79. The van der Waals surface area contributed by atoms with Crippen LogP contribution in [0.1, 0.15) is 15.9 Å². The lowest BCUT2D eigenvalue weighted by molar-refractivity contribution is -0.384. The molecule has 0 aliphatic carbocycles. The van der Waals surface area contributed by atoms with Gasteiger partial charge in [-0.1, -0.05) is 36.4 Å². The number of hydrogen-bond donors (Lipinski definition) is 0. The van der Waals surface area contributed by atoms with Crippen LogP contribution in [-0.4, -0.2) is 10.9 Å². The molecule has 0 aliphatic heterocycles. The maximum Gasteiger partial charge on any atom is 0.343 e. The Morgan fingerprint density at radius 3 is 2.24 bits per heavy atom. The number of non-ortho nitro benzene ring substituents is 1. The average Bonchev–Trinajstić information content (AvgIpc) is 2.62. The third-order valence-electron chi connectivity index (χ3n) is 3.68. The Labute approximate surface area is 144 Å². The van der Waals surface area contributed by atoms with Gasteiger partial charge in [0.2, 0.25) is 0 Å². The fourth-order valence-corrected chi connectivity index (χ4v) is 2.49. The topological polar surface area (TPSA) is 69.4 Å². The molecule has 0 aliphatic rings. The molecular weight excluding hydrogens is 318 g/mol. The first-order valence-corrected chi connectivity index (χ1v) is 7.67. The predicted molar refractivity (Wildman–Crippen MR) is 94.7 cm³/mol. The number of nitrogens with zero attached hydrogens (tertiary/aromatic N) is 1. The van der Waals surface area contributed by atoms with E-state index in [1.807, 2.05) is 43.3 Å². The van der Waals surface area contributed by atoms with Crippen LogP contribution >= 0.6 is 0 Å². The van der Waals surface area contributed by atoms with Crippen LogP contribution in [0.4, 0.5) is 5.69 Å². The molecule has 0 atom stereocenters. The number of benzene rings is 3. The fourth-order valence-electron chi connectivity index (χ4n) is 2.49. The molecule has 0 N–H and O–H groups in total. The Bertz CT molecular complexity index is 918. The molecule has 0 bridgehead atoms. The zero-order chi connectivity index (χ0) is 17.8. The molecule has 0 radical (unpaired) electrons. The van der Waals surface area contributed by atoms with E-state index in [2.05, 4.69) is 0 Å². The summed E-state index contributed by atoms with van der Waals surface area (Å²) in [5.74, 6) is -0.123. The fraction of sp³-hybridized carbons (Fsp3) is 0.0500. The number of nitro groups is 1. The lowest BCUT2D eigenvalue weighted by Crippen LogP contribution is -2.08. The summed E-state index contributed by atoms with van der Waals surface area (Å²) < 4.78 is 5.43. The molecule has 124 valence electrons. The first kappa shape index (κ1) is 16.4. The van der Waals surface area contributed by atoms with E-state index in [4.69, 9.17) is 4.74 Å². The lowest BCUT2D eigenvalue weighted by atomic mass is 10.0. The SMILES string of the molecule is Cc1cc(OC(=O)c2ccc([N+](=O)[O-])cc2)cc(-c2ccccc2)c1. The van der Waals surface area contributed by atoms with Crippen LogP contribution in [0.25, 0.3) is 11.1 Å². The molecule has 25 heavy (non-hydrogen) atoms. The van der Waals surface area contributed by atoms with E-state index in [1.165, 1.54) is 24.3 Å². The van der Waals surface area contributed by atoms with E-state index in [0.717, 1.165) is 16.7 Å². The normalized spacial score (nSPS) is 10.3. The van der Waals surface area contributed by atoms with Gasteiger partial charge in [0, 0.05) is 12.1 Å². The minimum atomic E-state index is -0.556. The summed E-state index contributed by atoms with van der Waals surface area (Å²) in [5, 5.41) is 10.7. The van der Waals surface area contributed by atoms with Gasteiger partial charge < -0.3 is 4.74 Å². The summed E-state index contributed by atoms with van der Waals surface area (Å²) in [6, 6.07) is 20.7. The molecule has 0 fully saturated rings. The highest BCUT2D eigenvalue weighted by atomic mass is 16.6. The van der Waals surface area contributed by atoms with Crippen molar-refractivity contribution in [3.05, 3.63) is 94.0 Å². The third-order valence-corrected chi connectivity index (χ3v) is 3.68. The van der Waals surface area contributed by atoms with Crippen LogP contribution in [0.3, 0.4) is 0 Å². The van der Waals surface area contributed by atoms with Gasteiger partial charge in [-0.3, -0.25) is 10.1 Å². The van der Waals surface area contributed by atoms with E-state index >= 15 is 0 Å². The molecule has 0 spiro atoms. The highest BCUT2D eigenvalue weighted by Gasteiger charge is 2.12. The van der Waals surface area contributed by atoms with E-state index in [0.29, 0.717) is 5.75 Å². The van der Waals surface area contributed by atoms with E-state index in [9.17, 15) is 14.9 Å². The van der Waals surface area contributed by atoms with Gasteiger partial charge in [0.15, 0.2) is 0 Å². The van der Waals surface area contributed by atoms with Crippen molar-refractivity contribution in [2.24, 2.45) is 0 Å².